The van der Waals surface area contributed by atoms with Crippen LogP contribution in [0, 0.1) is 0 Å². The molecule has 0 aromatic rings. The summed E-state index contributed by atoms with van der Waals surface area (Å²) in [6.07, 6.45) is -6.83. The van der Waals surface area contributed by atoms with Gasteiger partial charge in [-0.3, -0.25) is 13.6 Å². The summed E-state index contributed by atoms with van der Waals surface area (Å²) in [4.78, 5) is 27.3. The Morgan fingerprint density at radius 1 is 1.08 bits per heavy atom. The van der Waals surface area contributed by atoms with Crippen molar-refractivity contribution in [3.05, 3.63) is 0 Å². The summed E-state index contributed by atoms with van der Waals surface area (Å²) in [5.74, 6) is 0. The first-order chi connectivity index (χ1) is 11.9. The number of aliphatic hydroxyl groups is 2. The van der Waals surface area contributed by atoms with Crippen molar-refractivity contribution in [2.24, 2.45) is 0 Å². The number of rotatable bonds is 8. The Bertz CT molecular complexity index is 566. The Morgan fingerprint density at radius 2 is 1.73 bits per heavy atom. The molecule has 2 fully saturated rings. The van der Waals surface area contributed by atoms with Crippen LogP contribution >= 0.6 is 15.6 Å². The van der Waals surface area contributed by atoms with Gasteiger partial charge >= 0.3 is 15.6 Å². The zero-order chi connectivity index (χ0) is 19.7. The van der Waals surface area contributed by atoms with E-state index in [9.17, 15) is 24.2 Å². The van der Waals surface area contributed by atoms with Crippen LogP contribution in [0.1, 0.15) is 20.3 Å². The van der Waals surface area contributed by atoms with Gasteiger partial charge in [-0.15, -0.1) is 0 Å². The van der Waals surface area contributed by atoms with E-state index in [0.29, 0.717) is 6.42 Å². The third kappa shape index (κ3) is 5.78. The molecule has 0 radical (unpaired) electrons. The summed E-state index contributed by atoms with van der Waals surface area (Å²) >= 11 is 0. The molecule has 26 heavy (non-hydrogen) atoms. The first-order valence-electron chi connectivity index (χ1n) is 7.96. The molecule has 2 aliphatic heterocycles. The summed E-state index contributed by atoms with van der Waals surface area (Å²) in [7, 11) is -9.45. The molecule has 2 saturated heterocycles. The highest BCUT2D eigenvalue weighted by Crippen LogP contribution is 2.48. The van der Waals surface area contributed by atoms with Gasteiger partial charge in [-0.05, 0) is 13.3 Å². The van der Waals surface area contributed by atoms with E-state index in [4.69, 9.17) is 28.3 Å². The Kier molecular flexibility index (Phi) is 7.40. The average molecular weight is 422 g/mol. The highest BCUT2D eigenvalue weighted by Gasteiger charge is 2.46. The van der Waals surface area contributed by atoms with Gasteiger partial charge < -0.3 is 34.4 Å². The van der Waals surface area contributed by atoms with Crippen molar-refractivity contribution < 1.29 is 57.1 Å². The summed E-state index contributed by atoms with van der Waals surface area (Å²) < 4.78 is 47.5. The number of ether oxygens (including phenoxy) is 2. The first-order valence-corrected chi connectivity index (χ1v) is 11.0. The molecule has 0 spiro atoms. The summed E-state index contributed by atoms with van der Waals surface area (Å²) in [6.45, 7) is 2.44. The fraction of sp³-hybridized carbons (Fsp3) is 1.00. The van der Waals surface area contributed by atoms with Crippen LogP contribution in [0.3, 0.4) is 0 Å². The van der Waals surface area contributed by atoms with Crippen LogP contribution < -0.4 is 0 Å². The van der Waals surface area contributed by atoms with E-state index in [1.165, 1.54) is 0 Å². The first kappa shape index (κ1) is 22.4. The van der Waals surface area contributed by atoms with Crippen LogP contribution in [0.15, 0.2) is 0 Å². The minimum atomic E-state index is -4.83. The van der Waals surface area contributed by atoms with Crippen molar-refractivity contribution in [1.82, 2.24) is 0 Å². The molecule has 0 aromatic carbocycles. The topological polar surface area (TPSA) is 181 Å². The molecule has 2 aliphatic rings. The zero-order valence-electron chi connectivity index (χ0n) is 14.2. The number of phosphoric ester groups is 2. The molecule has 0 amide bonds. The quantitative estimate of drug-likeness (QED) is 0.310. The Hall–Kier alpha value is 0.0600. The zero-order valence-corrected chi connectivity index (χ0v) is 15.9. The molecule has 8 unspecified atom stereocenters. The van der Waals surface area contributed by atoms with E-state index in [2.05, 4.69) is 4.52 Å². The maximum atomic E-state index is 12.1. The molecule has 2 rings (SSSR count). The van der Waals surface area contributed by atoms with Crippen molar-refractivity contribution >= 4 is 15.6 Å². The second-order valence-electron chi connectivity index (χ2n) is 6.11. The number of aliphatic hydroxyl groups excluding tert-OH is 2. The van der Waals surface area contributed by atoms with Crippen LogP contribution in [-0.4, -0.2) is 80.8 Å². The predicted molar refractivity (Wildman–Crippen MR) is 83.9 cm³/mol. The lowest BCUT2D eigenvalue weighted by Gasteiger charge is -2.24. The van der Waals surface area contributed by atoms with E-state index < -0.39 is 65.0 Å². The SMILES string of the molecule is CCC1OC(C)C(O)C1OP(=O)(O)OCC1OCC(OP(=O)(O)O)C1O. The molecular formula is C12H24O12P2. The van der Waals surface area contributed by atoms with Crippen molar-refractivity contribution in [1.29, 1.82) is 0 Å². The molecule has 14 heteroatoms. The van der Waals surface area contributed by atoms with E-state index in [-0.39, 0.29) is 6.61 Å². The van der Waals surface area contributed by atoms with Gasteiger partial charge in [0.1, 0.15) is 30.5 Å². The second kappa shape index (κ2) is 8.60. The summed E-state index contributed by atoms with van der Waals surface area (Å²) in [6, 6.07) is 0. The minimum absolute atomic E-state index is 0.332. The highest BCUT2D eigenvalue weighted by atomic mass is 31.2. The number of phosphoric acid groups is 2. The van der Waals surface area contributed by atoms with Crippen LogP contribution in [-0.2, 0) is 32.2 Å². The fourth-order valence-electron chi connectivity index (χ4n) is 2.80. The lowest BCUT2D eigenvalue weighted by molar-refractivity contribution is -0.0233. The minimum Gasteiger partial charge on any atom is -0.388 e. The van der Waals surface area contributed by atoms with E-state index in [1.54, 1.807) is 13.8 Å². The molecule has 0 saturated carbocycles. The van der Waals surface area contributed by atoms with Crippen molar-refractivity contribution in [3.8, 4) is 0 Å². The molecule has 2 heterocycles. The third-order valence-corrected chi connectivity index (χ3v) is 5.67. The molecule has 154 valence electrons. The number of hydrogen-bond acceptors (Lipinski definition) is 9. The Labute approximate surface area is 149 Å². The van der Waals surface area contributed by atoms with Gasteiger partial charge in [-0.2, -0.15) is 0 Å². The van der Waals surface area contributed by atoms with Gasteiger partial charge in [-0.1, -0.05) is 6.92 Å². The molecule has 12 nitrogen and oxygen atoms in total. The maximum absolute atomic E-state index is 12.1. The van der Waals surface area contributed by atoms with Gasteiger partial charge in [0, 0.05) is 0 Å². The molecule has 5 N–H and O–H groups in total. The molecular weight excluding hydrogens is 398 g/mol. The fourth-order valence-corrected chi connectivity index (χ4v) is 4.30. The van der Waals surface area contributed by atoms with E-state index >= 15 is 0 Å². The third-order valence-electron chi connectivity index (χ3n) is 4.14. The van der Waals surface area contributed by atoms with Crippen LogP contribution in [0.2, 0.25) is 0 Å². The van der Waals surface area contributed by atoms with E-state index in [1.807, 2.05) is 0 Å². The van der Waals surface area contributed by atoms with Crippen LogP contribution in [0.25, 0.3) is 0 Å². The Morgan fingerprint density at radius 3 is 2.31 bits per heavy atom. The lowest BCUT2D eigenvalue weighted by Crippen LogP contribution is -2.35. The monoisotopic (exact) mass is 422 g/mol. The van der Waals surface area contributed by atoms with Gasteiger partial charge in [0.25, 0.3) is 0 Å². The highest BCUT2D eigenvalue weighted by molar-refractivity contribution is 7.47. The van der Waals surface area contributed by atoms with Gasteiger partial charge in [0.05, 0.1) is 25.4 Å². The summed E-state index contributed by atoms with van der Waals surface area (Å²) in [5, 5.41) is 19.9. The summed E-state index contributed by atoms with van der Waals surface area (Å²) in [5.41, 5.74) is 0. The maximum Gasteiger partial charge on any atom is 0.472 e. The van der Waals surface area contributed by atoms with Crippen molar-refractivity contribution in [2.75, 3.05) is 13.2 Å². The predicted octanol–water partition coefficient (Wildman–Crippen LogP) is -0.716. The molecule has 0 aromatic heterocycles. The van der Waals surface area contributed by atoms with E-state index in [0.717, 1.165) is 0 Å². The van der Waals surface area contributed by atoms with Crippen molar-refractivity contribution in [3.63, 3.8) is 0 Å². The van der Waals surface area contributed by atoms with Gasteiger partial charge in [0.2, 0.25) is 0 Å². The van der Waals surface area contributed by atoms with Crippen LogP contribution in [0.5, 0.6) is 0 Å². The smallest absolute Gasteiger partial charge is 0.388 e. The molecule has 0 bridgehead atoms. The number of hydrogen-bond donors (Lipinski definition) is 5. The Balaban J connectivity index is 1.88. The van der Waals surface area contributed by atoms with Gasteiger partial charge in [-0.25, -0.2) is 9.13 Å². The lowest BCUT2D eigenvalue weighted by atomic mass is 10.1. The second-order valence-corrected chi connectivity index (χ2v) is 8.71. The molecule has 8 atom stereocenters. The largest absolute Gasteiger partial charge is 0.472 e. The van der Waals surface area contributed by atoms with Crippen LogP contribution in [0.4, 0.5) is 0 Å². The van der Waals surface area contributed by atoms with Crippen molar-refractivity contribution in [2.45, 2.75) is 63.0 Å². The standard InChI is InChI=1S/C12H24O12P2/c1-3-7-12(10(13)6(2)22-7)24-26(18,19)21-5-8-11(14)9(4-20-8)23-25(15,16)17/h6-14H,3-5H2,1-2H3,(H,18,19)(H2,15,16,17). The molecule has 0 aliphatic carbocycles. The average Bonchev–Trinajstić information content (AvgIpc) is 2.98. The van der Waals surface area contributed by atoms with Gasteiger partial charge in [0.15, 0.2) is 0 Å². The normalized spacial score (nSPS) is 40.7.